The average Bonchev–Trinajstić information content (AvgIpc) is 3.17. The lowest BCUT2D eigenvalue weighted by molar-refractivity contribution is 0.0680. The first kappa shape index (κ1) is 12.8. The molecule has 1 aromatic rings. The van der Waals surface area contributed by atoms with Crippen molar-refractivity contribution in [3.63, 3.8) is 0 Å². The molecule has 0 aliphatic heterocycles. The van der Waals surface area contributed by atoms with Crippen molar-refractivity contribution in [1.29, 1.82) is 0 Å². The summed E-state index contributed by atoms with van der Waals surface area (Å²) in [5.74, 6) is -0.609. The third-order valence-electron chi connectivity index (χ3n) is 3.03. The van der Waals surface area contributed by atoms with E-state index in [0.717, 1.165) is 12.8 Å². The van der Waals surface area contributed by atoms with Crippen LogP contribution in [0.4, 0.5) is 10.1 Å². The fourth-order valence-corrected chi connectivity index (χ4v) is 1.87. The van der Waals surface area contributed by atoms with Gasteiger partial charge in [0.15, 0.2) is 0 Å². The number of hydrogen-bond donors (Lipinski definition) is 1. The Morgan fingerprint density at radius 1 is 1.56 bits per heavy atom. The number of ether oxygens (including phenoxy) is 1. The van der Waals surface area contributed by atoms with Crippen molar-refractivity contribution in [2.24, 2.45) is 0 Å². The lowest BCUT2D eigenvalue weighted by Crippen LogP contribution is -2.35. The molecule has 1 aliphatic carbocycles. The number of nitrogen functional groups attached to an aromatic ring is 1. The number of nitrogens with zero attached hydrogens (tertiary/aromatic N) is 1. The van der Waals surface area contributed by atoms with Gasteiger partial charge in [-0.25, -0.2) is 4.39 Å². The van der Waals surface area contributed by atoms with E-state index in [4.69, 9.17) is 10.5 Å². The van der Waals surface area contributed by atoms with Gasteiger partial charge in [-0.1, -0.05) is 0 Å². The largest absolute Gasteiger partial charge is 0.396 e. The summed E-state index contributed by atoms with van der Waals surface area (Å²) in [4.78, 5) is 14.1. The molecule has 4 nitrogen and oxygen atoms in total. The number of rotatable bonds is 5. The molecule has 0 spiro atoms. The van der Waals surface area contributed by atoms with Crippen LogP contribution in [0.1, 0.15) is 23.2 Å². The highest BCUT2D eigenvalue weighted by Gasteiger charge is 2.32. The zero-order valence-electron chi connectivity index (χ0n) is 10.4. The van der Waals surface area contributed by atoms with E-state index in [-0.39, 0.29) is 11.6 Å². The third-order valence-corrected chi connectivity index (χ3v) is 3.03. The molecule has 1 aromatic carbocycles. The lowest BCUT2D eigenvalue weighted by atomic mass is 10.1. The van der Waals surface area contributed by atoms with E-state index in [9.17, 15) is 9.18 Å². The Balaban J connectivity index is 2.13. The predicted molar refractivity (Wildman–Crippen MR) is 66.7 cm³/mol. The fraction of sp³-hybridized carbons (Fsp3) is 0.462. The monoisotopic (exact) mass is 252 g/mol. The Morgan fingerprint density at radius 2 is 2.28 bits per heavy atom. The Bertz CT molecular complexity index is 447. The maximum absolute atomic E-state index is 13.1. The predicted octanol–water partition coefficient (Wildman–Crippen LogP) is 1.66. The van der Waals surface area contributed by atoms with Gasteiger partial charge in [0.25, 0.3) is 5.91 Å². The summed E-state index contributed by atoms with van der Waals surface area (Å²) in [5, 5.41) is 0. The summed E-state index contributed by atoms with van der Waals surface area (Å²) in [6.45, 7) is 1.05. The van der Waals surface area contributed by atoms with Crippen molar-refractivity contribution < 1.29 is 13.9 Å². The number of anilines is 1. The van der Waals surface area contributed by atoms with Crippen LogP contribution in [0.3, 0.4) is 0 Å². The summed E-state index contributed by atoms with van der Waals surface area (Å²) in [6.07, 6.45) is 2.04. The second kappa shape index (κ2) is 5.35. The molecule has 0 bridgehead atoms. The summed E-state index contributed by atoms with van der Waals surface area (Å²) in [7, 11) is 1.60. The minimum Gasteiger partial charge on any atom is -0.396 e. The first-order chi connectivity index (χ1) is 8.63. The van der Waals surface area contributed by atoms with Crippen LogP contribution in [0.5, 0.6) is 0 Å². The van der Waals surface area contributed by atoms with Crippen LogP contribution in [-0.4, -0.2) is 37.1 Å². The van der Waals surface area contributed by atoms with Crippen LogP contribution in [0, 0.1) is 5.82 Å². The average molecular weight is 252 g/mol. The molecule has 0 radical (unpaired) electrons. The third kappa shape index (κ3) is 2.79. The van der Waals surface area contributed by atoms with E-state index in [1.54, 1.807) is 12.0 Å². The van der Waals surface area contributed by atoms with Gasteiger partial charge in [0.1, 0.15) is 5.82 Å². The van der Waals surface area contributed by atoms with Crippen molar-refractivity contribution in [3.05, 3.63) is 29.6 Å². The number of amides is 1. The highest BCUT2D eigenvalue weighted by molar-refractivity contribution is 5.95. The summed E-state index contributed by atoms with van der Waals surface area (Å²) >= 11 is 0. The zero-order valence-corrected chi connectivity index (χ0v) is 10.4. The molecule has 0 atom stereocenters. The first-order valence-electron chi connectivity index (χ1n) is 5.98. The number of benzene rings is 1. The van der Waals surface area contributed by atoms with E-state index in [1.807, 2.05) is 0 Å². The molecule has 2 N–H and O–H groups in total. The van der Waals surface area contributed by atoms with Crippen molar-refractivity contribution in [3.8, 4) is 0 Å². The van der Waals surface area contributed by atoms with Gasteiger partial charge in [-0.05, 0) is 31.0 Å². The molecule has 0 heterocycles. The number of methoxy groups -OCH3 is 1. The maximum Gasteiger partial charge on any atom is 0.254 e. The topological polar surface area (TPSA) is 55.6 Å². The molecule has 1 fully saturated rings. The van der Waals surface area contributed by atoms with Gasteiger partial charge in [-0.2, -0.15) is 0 Å². The molecule has 0 aromatic heterocycles. The van der Waals surface area contributed by atoms with Gasteiger partial charge in [0.2, 0.25) is 0 Å². The Morgan fingerprint density at radius 3 is 2.83 bits per heavy atom. The van der Waals surface area contributed by atoms with Crippen molar-refractivity contribution in [1.82, 2.24) is 4.90 Å². The van der Waals surface area contributed by atoms with E-state index in [0.29, 0.717) is 24.8 Å². The normalized spacial score (nSPS) is 14.6. The smallest absolute Gasteiger partial charge is 0.254 e. The van der Waals surface area contributed by atoms with Crippen LogP contribution in [0.2, 0.25) is 0 Å². The molecular weight excluding hydrogens is 235 g/mol. The highest BCUT2D eigenvalue weighted by Crippen LogP contribution is 2.28. The van der Waals surface area contributed by atoms with Crippen LogP contribution in [0.25, 0.3) is 0 Å². The van der Waals surface area contributed by atoms with E-state index in [1.165, 1.54) is 18.2 Å². The lowest BCUT2D eigenvalue weighted by Gasteiger charge is -2.22. The van der Waals surface area contributed by atoms with Crippen LogP contribution >= 0.6 is 0 Å². The molecule has 0 saturated heterocycles. The second-order valence-electron chi connectivity index (χ2n) is 4.46. The Kier molecular flexibility index (Phi) is 3.81. The number of carbonyl (C=O) groups excluding carboxylic acids is 1. The molecule has 1 amide bonds. The van der Waals surface area contributed by atoms with Crippen LogP contribution in [-0.2, 0) is 4.74 Å². The van der Waals surface area contributed by atoms with Gasteiger partial charge < -0.3 is 15.4 Å². The summed E-state index contributed by atoms with van der Waals surface area (Å²) in [6, 6.07) is 4.37. The molecule has 2 rings (SSSR count). The second-order valence-corrected chi connectivity index (χ2v) is 4.46. The van der Waals surface area contributed by atoms with Gasteiger partial charge in [-0.15, -0.1) is 0 Å². The fourth-order valence-electron chi connectivity index (χ4n) is 1.87. The maximum atomic E-state index is 13.1. The number of halogens is 1. The SMILES string of the molecule is COCCN(C(=O)c1ccc(F)c(N)c1)C1CC1. The van der Waals surface area contributed by atoms with E-state index < -0.39 is 5.82 Å². The summed E-state index contributed by atoms with van der Waals surface area (Å²) < 4.78 is 18.1. The Hall–Kier alpha value is -1.62. The number of hydrogen-bond acceptors (Lipinski definition) is 3. The van der Waals surface area contributed by atoms with E-state index in [2.05, 4.69) is 0 Å². The summed E-state index contributed by atoms with van der Waals surface area (Å²) in [5.41, 5.74) is 5.91. The molecular formula is C13H17FN2O2. The van der Waals surface area contributed by atoms with Crippen molar-refractivity contribution in [2.45, 2.75) is 18.9 Å². The molecule has 1 aliphatic rings. The van der Waals surface area contributed by atoms with Crippen molar-refractivity contribution >= 4 is 11.6 Å². The molecule has 1 saturated carbocycles. The zero-order chi connectivity index (χ0) is 13.1. The van der Waals surface area contributed by atoms with Crippen molar-refractivity contribution in [2.75, 3.05) is 26.0 Å². The number of carbonyl (C=O) groups is 1. The van der Waals surface area contributed by atoms with Gasteiger partial charge in [-0.3, -0.25) is 4.79 Å². The number of nitrogens with two attached hydrogens (primary N) is 1. The molecule has 98 valence electrons. The first-order valence-corrected chi connectivity index (χ1v) is 5.98. The minimum absolute atomic E-state index is 0.00309. The van der Waals surface area contributed by atoms with Crippen LogP contribution < -0.4 is 5.73 Å². The highest BCUT2D eigenvalue weighted by atomic mass is 19.1. The quantitative estimate of drug-likeness (QED) is 0.811. The standard InChI is InChI=1S/C13H17FN2O2/c1-18-7-6-16(10-3-4-10)13(17)9-2-5-11(14)12(15)8-9/h2,5,8,10H,3-4,6-7,15H2,1H3. The van der Waals surface area contributed by atoms with Gasteiger partial charge in [0.05, 0.1) is 12.3 Å². The Labute approximate surface area is 106 Å². The minimum atomic E-state index is -0.499. The molecule has 5 heteroatoms. The molecule has 18 heavy (non-hydrogen) atoms. The van der Waals surface area contributed by atoms with E-state index >= 15 is 0 Å². The molecule has 0 unspecified atom stereocenters. The van der Waals surface area contributed by atoms with Gasteiger partial charge >= 0.3 is 0 Å². The van der Waals surface area contributed by atoms with Crippen LogP contribution in [0.15, 0.2) is 18.2 Å². The van der Waals surface area contributed by atoms with Gasteiger partial charge in [0, 0.05) is 25.3 Å².